The standard InChI is InChI=1S/C18H23N5O3/c1-12(16-22-21-15-5-3-2-4-10-23(15)16)20-18(26)19-11-13-6-8-14(9-7-13)17(24)25/h6-9,12H,2-5,10-11H2,1H3,(H,24,25)(H2,19,20,26)/t12-/m1/s1. The Hall–Kier alpha value is -2.90. The number of nitrogens with one attached hydrogen (secondary N) is 2. The first-order valence-corrected chi connectivity index (χ1v) is 8.83. The number of hydrogen-bond acceptors (Lipinski definition) is 4. The Morgan fingerprint density at radius 3 is 2.69 bits per heavy atom. The van der Waals surface area contributed by atoms with Gasteiger partial charge in [0.05, 0.1) is 11.6 Å². The van der Waals surface area contributed by atoms with Crippen LogP contribution in [0.15, 0.2) is 24.3 Å². The van der Waals surface area contributed by atoms with Crippen LogP contribution in [0.2, 0.25) is 0 Å². The van der Waals surface area contributed by atoms with E-state index in [1.165, 1.54) is 18.6 Å². The topological polar surface area (TPSA) is 109 Å². The van der Waals surface area contributed by atoms with Crippen molar-refractivity contribution >= 4 is 12.0 Å². The number of nitrogens with zero attached hydrogens (tertiary/aromatic N) is 3. The molecular formula is C18H23N5O3. The number of urea groups is 1. The van der Waals surface area contributed by atoms with Crippen LogP contribution in [0, 0.1) is 0 Å². The molecule has 2 aromatic rings. The predicted octanol–water partition coefficient (Wildman–Crippen LogP) is 2.26. The van der Waals surface area contributed by atoms with Gasteiger partial charge in [0.15, 0.2) is 5.82 Å². The summed E-state index contributed by atoms with van der Waals surface area (Å²) in [6.07, 6.45) is 4.34. The summed E-state index contributed by atoms with van der Waals surface area (Å²) in [6.45, 7) is 3.10. The fourth-order valence-corrected chi connectivity index (χ4v) is 3.09. The Bertz CT molecular complexity index is 785. The highest BCUT2D eigenvalue weighted by Crippen LogP contribution is 2.18. The Morgan fingerprint density at radius 2 is 1.96 bits per heavy atom. The highest BCUT2D eigenvalue weighted by atomic mass is 16.4. The molecule has 0 saturated carbocycles. The molecule has 3 N–H and O–H groups in total. The molecule has 138 valence electrons. The molecule has 0 fully saturated rings. The molecule has 8 heteroatoms. The molecule has 2 amide bonds. The molecule has 1 aromatic carbocycles. The summed E-state index contributed by atoms with van der Waals surface area (Å²) >= 11 is 0. The lowest BCUT2D eigenvalue weighted by atomic mass is 10.1. The number of benzene rings is 1. The summed E-state index contributed by atoms with van der Waals surface area (Å²) in [6, 6.07) is 5.86. The Labute approximate surface area is 151 Å². The molecule has 2 heterocycles. The maximum atomic E-state index is 12.2. The molecule has 1 atom stereocenters. The van der Waals surface area contributed by atoms with Crippen LogP contribution in [0.1, 0.15) is 59.8 Å². The minimum atomic E-state index is -0.969. The maximum absolute atomic E-state index is 12.2. The molecule has 3 rings (SSSR count). The second kappa shape index (κ2) is 7.99. The molecule has 26 heavy (non-hydrogen) atoms. The molecule has 1 aliphatic heterocycles. The van der Waals surface area contributed by atoms with Gasteiger partial charge in [0.1, 0.15) is 5.82 Å². The number of fused-ring (bicyclic) bond motifs is 1. The number of amides is 2. The van der Waals surface area contributed by atoms with Gasteiger partial charge in [-0.05, 0) is 37.5 Å². The Balaban J connectivity index is 1.54. The first kappa shape index (κ1) is 17.9. The van der Waals surface area contributed by atoms with E-state index in [4.69, 9.17) is 5.11 Å². The quantitative estimate of drug-likeness (QED) is 0.760. The third-order valence-corrected chi connectivity index (χ3v) is 4.53. The van der Waals surface area contributed by atoms with Gasteiger partial charge in [0.25, 0.3) is 0 Å². The van der Waals surface area contributed by atoms with Crippen molar-refractivity contribution in [2.45, 2.75) is 51.7 Å². The number of aryl methyl sites for hydroxylation is 1. The zero-order valence-corrected chi connectivity index (χ0v) is 14.7. The van der Waals surface area contributed by atoms with Gasteiger partial charge in [-0.1, -0.05) is 18.6 Å². The summed E-state index contributed by atoms with van der Waals surface area (Å²) < 4.78 is 2.11. The molecule has 1 aliphatic rings. The minimum absolute atomic E-state index is 0.222. The first-order chi connectivity index (χ1) is 12.5. The van der Waals surface area contributed by atoms with E-state index in [0.29, 0.717) is 6.54 Å². The van der Waals surface area contributed by atoms with Crippen molar-refractivity contribution < 1.29 is 14.7 Å². The van der Waals surface area contributed by atoms with Crippen molar-refractivity contribution in [3.05, 3.63) is 47.0 Å². The third-order valence-electron chi connectivity index (χ3n) is 4.53. The first-order valence-electron chi connectivity index (χ1n) is 8.83. The summed E-state index contributed by atoms with van der Waals surface area (Å²) in [5.74, 6) is 0.802. The number of rotatable bonds is 5. The number of carbonyl (C=O) groups is 2. The van der Waals surface area contributed by atoms with Gasteiger partial charge in [-0.25, -0.2) is 9.59 Å². The smallest absolute Gasteiger partial charge is 0.335 e. The average Bonchev–Trinajstić information content (AvgIpc) is 2.89. The molecular weight excluding hydrogens is 334 g/mol. The van der Waals surface area contributed by atoms with Crippen LogP contribution in [0.4, 0.5) is 4.79 Å². The SMILES string of the molecule is C[C@@H](NC(=O)NCc1ccc(C(=O)O)cc1)c1nnc2n1CCCCC2. The molecule has 1 aromatic heterocycles. The molecule has 0 spiro atoms. The molecule has 0 bridgehead atoms. The van der Waals surface area contributed by atoms with E-state index < -0.39 is 5.97 Å². The normalized spacial score (nSPS) is 14.8. The van der Waals surface area contributed by atoms with Crippen molar-refractivity contribution in [2.75, 3.05) is 0 Å². The number of carbonyl (C=O) groups excluding carboxylic acids is 1. The second-order valence-electron chi connectivity index (χ2n) is 6.49. The number of hydrogen-bond donors (Lipinski definition) is 3. The van der Waals surface area contributed by atoms with Gasteiger partial charge >= 0.3 is 12.0 Å². The summed E-state index contributed by atoms with van der Waals surface area (Å²) in [5, 5.41) is 23.1. The number of aromatic nitrogens is 3. The second-order valence-corrected chi connectivity index (χ2v) is 6.49. The van der Waals surface area contributed by atoms with Crippen LogP contribution in [-0.2, 0) is 19.5 Å². The fraction of sp³-hybridized carbons (Fsp3) is 0.444. The maximum Gasteiger partial charge on any atom is 0.335 e. The van der Waals surface area contributed by atoms with Gasteiger partial charge in [-0.15, -0.1) is 10.2 Å². The Morgan fingerprint density at radius 1 is 1.19 bits per heavy atom. The number of aromatic carboxylic acids is 1. The fourth-order valence-electron chi connectivity index (χ4n) is 3.09. The van der Waals surface area contributed by atoms with E-state index in [1.54, 1.807) is 12.1 Å². The zero-order valence-electron chi connectivity index (χ0n) is 14.7. The van der Waals surface area contributed by atoms with Crippen molar-refractivity contribution in [3.8, 4) is 0 Å². The number of carboxylic acid groups (broad SMARTS) is 1. The lowest BCUT2D eigenvalue weighted by Crippen LogP contribution is -2.37. The van der Waals surface area contributed by atoms with Crippen LogP contribution in [0.3, 0.4) is 0 Å². The van der Waals surface area contributed by atoms with Gasteiger partial charge in [-0.3, -0.25) is 0 Å². The Kier molecular flexibility index (Phi) is 5.50. The van der Waals surface area contributed by atoms with Gasteiger partial charge in [0, 0.05) is 19.5 Å². The van der Waals surface area contributed by atoms with Crippen LogP contribution in [0.5, 0.6) is 0 Å². The monoisotopic (exact) mass is 357 g/mol. The van der Waals surface area contributed by atoms with Gasteiger partial charge < -0.3 is 20.3 Å². The predicted molar refractivity (Wildman–Crippen MR) is 94.8 cm³/mol. The van der Waals surface area contributed by atoms with Crippen molar-refractivity contribution in [2.24, 2.45) is 0 Å². The van der Waals surface area contributed by atoms with Crippen LogP contribution in [0.25, 0.3) is 0 Å². The zero-order chi connectivity index (χ0) is 18.5. The largest absolute Gasteiger partial charge is 0.478 e. The van der Waals surface area contributed by atoms with Gasteiger partial charge in [-0.2, -0.15) is 0 Å². The van der Waals surface area contributed by atoms with E-state index in [-0.39, 0.29) is 17.6 Å². The van der Waals surface area contributed by atoms with Crippen LogP contribution in [-0.4, -0.2) is 31.9 Å². The van der Waals surface area contributed by atoms with E-state index in [1.807, 2.05) is 6.92 Å². The van der Waals surface area contributed by atoms with Crippen LogP contribution >= 0.6 is 0 Å². The average molecular weight is 357 g/mol. The van der Waals surface area contributed by atoms with Crippen molar-refractivity contribution in [1.29, 1.82) is 0 Å². The molecule has 0 unspecified atom stereocenters. The molecule has 8 nitrogen and oxygen atoms in total. The van der Waals surface area contributed by atoms with E-state index in [9.17, 15) is 9.59 Å². The lowest BCUT2D eigenvalue weighted by molar-refractivity contribution is 0.0697. The van der Waals surface area contributed by atoms with Crippen molar-refractivity contribution in [1.82, 2.24) is 25.4 Å². The number of carboxylic acids is 1. The molecule has 0 aliphatic carbocycles. The molecule has 0 saturated heterocycles. The van der Waals surface area contributed by atoms with Crippen molar-refractivity contribution in [3.63, 3.8) is 0 Å². The minimum Gasteiger partial charge on any atom is -0.478 e. The van der Waals surface area contributed by atoms with E-state index in [0.717, 1.165) is 43.0 Å². The summed E-state index contributed by atoms with van der Waals surface area (Å²) in [5.41, 5.74) is 1.05. The molecule has 0 radical (unpaired) electrons. The summed E-state index contributed by atoms with van der Waals surface area (Å²) in [7, 11) is 0. The van der Waals surface area contributed by atoms with E-state index in [2.05, 4.69) is 25.4 Å². The lowest BCUT2D eigenvalue weighted by Gasteiger charge is -2.16. The van der Waals surface area contributed by atoms with E-state index >= 15 is 0 Å². The third kappa shape index (κ3) is 4.19. The highest BCUT2D eigenvalue weighted by Gasteiger charge is 2.20. The van der Waals surface area contributed by atoms with Crippen LogP contribution < -0.4 is 10.6 Å². The highest BCUT2D eigenvalue weighted by molar-refractivity contribution is 5.87. The summed E-state index contributed by atoms with van der Waals surface area (Å²) in [4.78, 5) is 23.0. The van der Waals surface area contributed by atoms with Gasteiger partial charge in [0.2, 0.25) is 0 Å².